The zero-order chi connectivity index (χ0) is 11.8. The lowest BCUT2D eigenvalue weighted by Gasteiger charge is -2.10. The molecular formula is C12H13N5. The number of nitrogen functional groups attached to an aromatic ring is 1. The average Bonchev–Trinajstić information content (AvgIpc) is 2.64. The molecule has 5 nitrogen and oxygen atoms in total. The minimum atomic E-state index is 0.289. The molecule has 3 heterocycles. The first kappa shape index (κ1) is 10.0. The molecule has 0 saturated heterocycles. The highest BCUT2D eigenvalue weighted by molar-refractivity contribution is 5.63. The van der Waals surface area contributed by atoms with Gasteiger partial charge < -0.3 is 10.3 Å². The Hall–Kier alpha value is -2.17. The molecule has 2 N–H and O–H groups in total. The molecule has 0 saturated carbocycles. The van der Waals surface area contributed by atoms with Gasteiger partial charge in [-0.2, -0.15) is 0 Å². The van der Waals surface area contributed by atoms with Gasteiger partial charge in [-0.3, -0.25) is 0 Å². The first-order chi connectivity index (χ1) is 8.25. The lowest BCUT2D eigenvalue weighted by Crippen LogP contribution is -2.04. The summed E-state index contributed by atoms with van der Waals surface area (Å²) in [5.41, 5.74) is 8.42. The third-order valence-electron chi connectivity index (χ3n) is 2.86. The molecule has 17 heavy (non-hydrogen) atoms. The van der Waals surface area contributed by atoms with Crippen molar-refractivity contribution in [1.82, 2.24) is 19.5 Å². The van der Waals surface area contributed by atoms with E-state index in [0.717, 1.165) is 35.7 Å². The molecule has 0 spiro atoms. The molecule has 0 aromatic carbocycles. The summed E-state index contributed by atoms with van der Waals surface area (Å²) in [5.74, 6) is 1.37. The second kappa shape index (κ2) is 3.69. The number of aromatic nitrogens is 4. The maximum Gasteiger partial charge on any atom is 0.220 e. The van der Waals surface area contributed by atoms with Crippen LogP contribution >= 0.6 is 0 Å². The monoisotopic (exact) mass is 227 g/mol. The highest BCUT2D eigenvalue weighted by Crippen LogP contribution is 2.26. The van der Waals surface area contributed by atoms with E-state index in [1.54, 1.807) is 6.20 Å². The average molecular weight is 227 g/mol. The minimum absolute atomic E-state index is 0.289. The summed E-state index contributed by atoms with van der Waals surface area (Å²) in [7, 11) is 0. The van der Waals surface area contributed by atoms with E-state index in [4.69, 9.17) is 5.73 Å². The number of nitrogens with two attached hydrogens (primary N) is 1. The first-order valence-electron chi connectivity index (χ1n) is 5.59. The Labute approximate surface area is 99.0 Å². The predicted octanol–water partition coefficient (Wildman–Crippen LogP) is 1.65. The molecule has 2 aromatic heterocycles. The standard InChI is InChI=1S/C12H13N5/c1-8-11(9-5-6-14-12(13)16-9)17-7-3-2-4-10(17)15-8/h3,5-7H,2,4H2,1H3,(H2,13,14,16). The SMILES string of the molecule is Cc1nc2n(c1-c1ccnc(N)n1)C=CCC2. The van der Waals surface area contributed by atoms with Gasteiger partial charge in [0, 0.05) is 18.8 Å². The highest BCUT2D eigenvalue weighted by Gasteiger charge is 2.17. The smallest absolute Gasteiger partial charge is 0.220 e. The van der Waals surface area contributed by atoms with Gasteiger partial charge in [-0.15, -0.1) is 0 Å². The zero-order valence-corrected chi connectivity index (χ0v) is 9.59. The summed E-state index contributed by atoms with van der Waals surface area (Å²) in [6.45, 7) is 1.99. The Balaban J connectivity index is 2.22. The van der Waals surface area contributed by atoms with Crippen molar-refractivity contribution in [2.45, 2.75) is 19.8 Å². The van der Waals surface area contributed by atoms with Gasteiger partial charge in [-0.05, 0) is 19.4 Å². The summed E-state index contributed by atoms with van der Waals surface area (Å²) in [6.07, 6.45) is 7.87. The molecule has 1 aliphatic heterocycles. The lowest BCUT2D eigenvalue weighted by atomic mass is 10.2. The van der Waals surface area contributed by atoms with Crippen LogP contribution in [0.25, 0.3) is 17.6 Å². The second-order valence-electron chi connectivity index (χ2n) is 4.06. The van der Waals surface area contributed by atoms with Gasteiger partial charge in [0.05, 0.1) is 17.1 Å². The van der Waals surface area contributed by atoms with Crippen LogP contribution in [0.2, 0.25) is 0 Å². The van der Waals surface area contributed by atoms with E-state index < -0.39 is 0 Å². The van der Waals surface area contributed by atoms with Crippen LogP contribution in [0, 0.1) is 6.92 Å². The first-order valence-corrected chi connectivity index (χ1v) is 5.59. The van der Waals surface area contributed by atoms with E-state index in [1.807, 2.05) is 19.2 Å². The quantitative estimate of drug-likeness (QED) is 0.804. The molecule has 0 unspecified atom stereocenters. The Kier molecular flexibility index (Phi) is 2.18. The Bertz CT molecular complexity index is 597. The number of anilines is 1. The van der Waals surface area contributed by atoms with Gasteiger partial charge in [0.2, 0.25) is 5.95 Å². The fraction of sp³-hybridized carbons (Fsp3) is 0.250. The number of aryl methyl sites for hydroxylation is 2. The van der Waals surface area contributed by atoms with Crippen LogP contribution in [0.1, 0.15) is 17.9 Å². The van der Waals surface area contributed by atoms with E-state index in [2.05, 4.69) is 25.6 Å². The van der Waals surface area contributed by atoms with E-state index in [1.165, 1.54) is 0 Å². The van der Waals surface area contributed by atoms with Crippen molar-refractivity contribution < 1.29 is 0 Å². The van der Waals surface area contributed by atoms with Crippen LogP contribution in [0.4, 0.5) is 5.95 Å². The Morgan fingerprint density at radius 1 is 1.35 bits per heavy atom. The fourth-order valence-corrected chi connectivity index (χ4v) is 2.15. The molecule has 0 fully saturated rings. The van der Waals surface area contributed by atoms with Crippen molar-refractivity contribution in [1.29, 1.82) is 0 Å². The molecule has 3 rings (SSSR count). The van der Waals surface area contributed by atoms with Crippen LogP contribution in [-0.4, -0.2) is 19.5 Å². The van der Waals surface area contributed by atoms with Crippen LogP contribution in [-0.2, 0) is 6.42 Å². The highest BCUT2D eigenvalue weighted by atomic mass is 15.1. The maximum absolute atomic E-state index is 5.62. The van der Waals surface area contributed by atoms with Crippen molar-refractivity contribution in [3.63, 3.8) is 0 Å². The molecular weight excluding hydrogens is 214 g/mol. The Morgan fingerprint density at radius 2 is 2.24 bits per heavy atom. The van der Waals surface area contributed by atoms with Gasteiger partial charge in [0.1, 0.15) is 5.82 Å². The molecule has 0 radical (unpaired) electrons. The number of imidazole rings is 1. The van der Waals surface area contributed by atoms with Crippen LogP contribution in [0.15, 0.2) is 18.3 Å². The molecule has 0 bridgehead atoms. The summed E-state index contributed by atoms with van der Waals surface area (Å²) >= 11 is 0. The largest absolute Gasteiger partial charge is 0.368 e. The minimum Gasteiger partial charge on any atom is -0.368 e. The second-order valence-corrected chi connectivity index (χ2v) is 4.06. The summed E-state index contributed by atoms with van der Waals surface area (Å²) in [5, 5.41) is 0. The van der Waals surface area contributed by atoms with E-state index in [0.29, 0.717) is 0 Å². The number of hydrogen-bond donors (Lipinski definition) is 1. The van der Waals surface area contributed by atoms with Gasteiger partial charge in [0.15, 0.2) is 0 Å². The van der Waals surface area contributed by atoms with Crippen molar-refractivity contribution in [3.8, 4) is 11.4 Å². The normalized spacial score (nSPS) is 13.7. The number of fused-ring (bicyclic) bond motifs is 1. The van der Waals surface area contributed by atoms with Crippen molar-refractivity contribution in [3.05, 3.63) is 29.9 Å². The molecule has 0 aliphatic carbocycles. The van der Waals surface area contributed by atoms with Gasteiger partial charge in [0.25, 0.3) is 0 Å². The van der Waals surface area contributed by atoms with Crippen LogP contribution in [0.5, 0.6) is 0 Å². The third kappa shape index (κ3) is 1.60. The van der Waals surface area contributed by atoms with Crippen molar-refractivity contribution in [2.75, 3.05) is 5.73 Å². The zero-order valence-electron chi connectivity index (χ0n) is 9.59. The summed E-state index contributed by atoms with van der Waals surface area (Å²) in [6, 6.07) is 1.86. The Morgan fingerprint density at radius 3 is 3.06 bits per heavy atom. The van der Waals surface area contributed by atoms with Gasteiger partial charge in [-0.1, -0.05) is 6.08 Å². The molecule has 0 amide bonds. The molecule has 2 aromatic rings. The van der Waals surface area contributed by atoms with Crippen molar-refractivity contribution in [2.24, 2.45) is 0 Å². The number of allylic oxidation sites excluding steroid dienone is 1. The third-order valence-corrected chi connectivity index (χ3v) is 2.86. The van der Waals surface area contributed by atoms with E-state index in [-0.39, 0.29) is 5.95 Å². The van der Waals surface area contributed by atoms with E-state index >= 15 is 0 Å². The van der Waals surface area contributed by atoms with Gasteiger partial charge >= 0.3 is 0 Å². The van der Waals surface area contributed by atoms with Crippen molar-refractivity contribution >= 4 is 12.1 Å². The maximum atomic E-state index is 5.62. The summed E-state index contributed by atoms with van der Waals surface area (Å²) < 4.78 is 2.08. The molecule has 0 atom stereocenters. The van der Waals surface area contributed by atoms with Gasteiger partial charge in [-0.25, -0.2) is 15.0 Å². The number of nitrogens with zero attached hydrogens (tertiary/aromatic N) is 4. The molecule has 86 valence electrons. The predicted molar refractivity (Wildman–Crippen MR) is 66.1 cm³/mol. The number of rotatable bonds is 1. The topological polar surface area (TPSA) is 69.6 Å². The lowest BCUT2D eigenvalue weighted by molar-refractivity contribution is 0.837. The number of hydrogen-bond acceptors (Lipinski definition) is 4. The summed E-state index contributed by atoms with van der Waals surface area (Å²) in [4.78, 5) is 12.7. The van der Waals surface area contributed by atoms with Crippen LogP contribution < -0.4 is 5.73 Å². The van der Waals surface area contributed by atoms with Crippen LogP contribution in [0.3, 0.4) is 0 Å². The fourth-order valence-electron chi connectivity index (χ4n) is 2.15. The van der Waals surface area contributed by atoms with E-state index in [9.17, 15) is 0 Å². The molecule has 5 heteroatoms. The molecule has 1 aliphatic rings.